The van der Waals surface area contributed by atoms with Gasteiger partial charge in [0.15, 0.2) is 0 Å². The summed E-state index contributed by atoms with van der Waals surface area (Å²) >= 11 is 1.89. The first-order valence-electron chi connectivity index (χ1n) is 18.1. The van der Waals surface area contributed by atoms with E-state index in [0.29, 0.717) is 0 Å². The molecule has 2 nitrogen and oxygen atoms in total. The van der Waals surface area contributed by atoms with Gasteiger partial charge in [-0.1, -0.05) is 133 Å². The largest absolute Gasteiger partial charge is 0.309 e. The fourth-order valence-corrected chi connectivity index (χ4v) is 9.61. The van der Waals surface area contributed by atoms with Gasteiger partial charge in [0, 0.05) is 43.3 Å². The lowest BCUT2D eigenvalue weighted by atomic mass is 9.96. The summed E-state index contributed by atoms with van der Waals surface area (Å²) in [6.07, 6.45) is 0. The van der Waals surface area contributed by atoms with Crippen molar-refractivity contribution in [3.05, 3.63) is 194 Å². The fraction of sp³-hybridized carbons (Fsp3) is 0. The number of anilines is 3. The molecule has 0 bridgehead atoms. The molecular formula is C50H32N2S. The Hall–Kier alpha value is -6.68. The molecule has 2 aromatic heterocycles. The van der Waals surface area contributed by atoms with Gasteiger partial charge in [-0.3, -0.25) is 0 Å². The van der Waals surface area contributed by atoms with Gasteiger partial charge in [-0.2, -0.15) is 0 Å². The Morgan fingerprint density at radius 1 is 0.415 bits per heavy atom. The van der Waals surface area contributed by atoms with Crippen LogP contribution in [0, 0.1) is 0 Å². The van der Waals surface area contributed by atoms with Crippen LogP contribution in [-0.4, -0.2) is 4.57 Å². The Balaban J connectivity index is 1.23. The summed E-state index contributed by atoms with van der Waals surface area (Å²) in [6.45, 7) is 0. The van der Waals surface area contributed by atoms with Crippen molar-refractivity contribution in [2.24, 2.45) is 0 Å². The normalized spacial score (nSPS) is 11.8. The number of nitrogens with zero attached hydrogens (tertiary/aromatic N) is 2. The molecule has 0 saturated heterocycles. The van der Waals surface area contributed by atoms with E-state index >= 15 is 0 Å². The summed E-state index contributed by atoms with van der Waals surface area (Å²) in [7, 11) is 0. The van der Waals surface area contributed by atoms with Gasteiger partial charge >= 0.3 is 0 Å². The standard InChI is InChI=1S/C50H32N2S/c1-3-14-33(15-4-1)43-32-38(30-35-17-8-9-20-39(35)43)51(47-25-13-23-42-49-40-21-10-7-16-34(40)26-29-48(49)53-50(42)47)37-27-28-46-44(31-37)41-22-11-12-24-45(41)52(46)36-18-5-2-6-19-36/h1-32H. The topological polar surface area (TPSA) is 8.17 Å². The quantitative estimate of drug-likeness (QED) is 0.174. The van der Waals surface area contributed by atoms with Crippen molar-refractivity contribution < 1.29 is 0 Å². The molecule has 0 unspecified atom stereocenters. The zero-order valence-corrected chi connectivity index (χ0v) is 29.6. The lowest BCUT2D eigenvalue weighted by Crippen LogP contribution is -2.10. The molecule has 0 radical (unpaired) electrons. The molecule has 0 aliphatic carbocycles. The van der Waals surface area contributed by atoms with E-state index in [-0.39, 0.29) is 0 Å². The molecule has 248 valence electrons. The highest BCUT2D eigenvalue weighted by Crippen LogP contribution is 2.48. The summed E-state index contributed by atoms with van der Waals surface area (Å²) in [6, 6.07) is 71.0. The first-order valence-corrected chi connectivity index (χ1v) is 18.9. The summed E-state index contributed by atoms with van der Waals surface area (Å²) < 4.78 is 4.97. The number of aromatic nitrogens is 1. The maximum Gasteiger partial charge on any atom is 0.0640 e. The number of hydrogen-bond donors (Lipinski definition) is 0. The third kappa shape index (κ3) is 4.71. The van der Waals surface area contributed by atoms with Crippen molar-refractivity contribution in [1.82, 2.24) is 4.57 Å². The third-order valence-electron chi connectivity index (χ3n) is 10.7. The van der Waals surface area contributed by atoms with Crippen LogP contribution < -0.4 is 4.90 Å². The first kappa shape index (κ1) is 30.0. The Kier molecular flexibility index (Phi) is 6.76. The second-order valence-corrected chi connectivity index (χ2v) is 14.8. The number of para-hydroxylation sites is 2. The minimum Gasteiger partial charge on any atom is -0.309 e. The van der Waals surface area contributed by atoms with Crippen molar-refractivity contribution >= 4 is 91.9 Å². The number of rotatable bonds is 5. The van der Waals surface area contributed by atoms with Gasteiger partial charge < -0.3 is 9.47 Å². The van der Waals surface area contributed by atoms with Crippen LogP contribution in [0.3, 0.4) is 0 Å². The average Bonchev–Trinajstić information content (AvgIpc) is 3.78. The molecular weight excluding hydrogens is 661 g/mol. The Morgan fingerprint density at radius 2 is 1.09 bits per heavy atom. The van der Waals surface area contributed by atoms with Crippen molar-refractivity contribution in [1.29, 1.82) is 0 Å². The summed E-state index contributed by atoms with van der Waals surface area (Å²) in [4.78, 5) is 2.49. The Morgan fingerprint density at radius 3 is 1.94 bits per heavy atom. The molecule has 0 fully saturated rings. The number of fused-ring (bicyclic) bond motifs is 9. The van der Waals surface area contributed by atoms with E-state index in [9.17, 15) is 0 Å². The number of benzene rings is 9. The van der Waals surface area contributed by atoms with E-state index in [4.69, 9.17) is 0 Å². The Labute approximate surface area is 311 Å². The highest BCUT2D eigenvalue weighted by Gasteiger charge is 2.22. The monoisotopic (exact) mass is 692 g/mol. The molecule has 0 saturated carbocycles. The van der Waals surface area contributed by atoms with Crippen molar-refractivity contribution in [2.45, 2.75) is 0 Å². The molecule has 3 heteroatoms. The summed E-state index contributed by atoms with van der Waals surface area (Å²) in [5.74, 6) is 0. The van der Waals surface area contributed by atoms with E-state index in [2.05, 4.69) is 204 Å². The van der Waals surface area contributed by atoms with Crippen LogP contribution in [0.5, 0.6) is 0 Å². The molecule has 0 N–H and O–H groups in total. The SMILES string of the molecule is c1ccc(-c2cc(N(c3ccc4c(c3)c3ccccc3n4-c3ccccc3)c3cccc4c3sc3ccc5ccccc5c34)cc3ccccc23)cc1. The molecule has 0 amide bonds. The zero-order valence-electron chi connectivity index (χ0n) is 28.8. The second-order valence-electron chi connectivity index (χ2n) is 13.7. The maximum atomic E-state index is 2.49. The highest BCUT2D eigenvalue weighted by atomic mass is 32.1. The van der Waals surface area contributed by atoms with Crippen LogP contribution in [0.4, 0.5) is 17.1 Å². The van der Waals surface area contributed by atoms with Crippen molar-refractivity contribution in [3.8, 4) is 16.8 Å². The van der Waals surface area contributed by atoms with Gasteiger partial charge in [0.1, 0.15) is 0 Å². The minimum absolute atomic E-state index is 1.12. The van der Waals surface area contributed by atoms with Crippen LogP contribution >= 0.6 is 11.3 Å². The van der Waals surface area contributed by atoms with Gasteiger partial charge in [0.2, 0.25) is 0 Å². The molecule has 0 spiro atoms. The van der Waals surface area contributed by atoms with Crippen LogP contribution in [0.25, 0.3) is 80.3 Å². The lowest BCUT2D eigenvalue weighted by molar-refractivity contribution is 1.18. The van der Waals surface area contributed by atoms with Gasteiger partial charge in [0.25, 0.3) is 0 Å². The molecule has 2 heterocycles. The lowest BCUT2D eigenvalue weighted by Gasteiger charge is -2.27. The van der Waals surface area contributed by atoms with Crippen LogP contribution in [-0.2, 0) is 0 Å². The molecule has 53 heavy (non-hydrogen) atoms. The van der Waals surface area contributed by atoms with E-state index in [1.807, 2.05) is 11.3 Å². The van der Waals surface area contributed by atoms with Gasteiger partial charge in [0.05, 0.1) is 21.4 Å². The first-order chi connectivity index (χ1) is 26.3. The van der Waals surface area contributed by atoms with Crippen LogP contribution in [0.15, 0.2) is 194 Å². The van der Waals surface area contributed by atoms with Crippen molar-refractivity contribution in [2.75, 3.05) is 4.90 Å². The maximum absolute atomic E-state index is 2.49. The number of thiophene rings is 1. The number of hydrogen-bond acceptors (Lipinski definition) is 2. The van der Waals surface area contributed by atoms with Gasteiger partial charge in [-0.05, 0) is 93.3 Å². The molecule has 0 aliphatic heterocycles. The van der Waals surface area contributed by atoms with Crippen LogP contribution in [0.2, 0.25) is 0 Å². The zero-order chi connectivity index (χ0) is 34.9. The van der Waals surface area contributed by atoms with E-state index < -0.39 is 0 Å². The molecule has 0 atom stereocenters. The van der Waals surface area contributed by atoms with E-state index in [1.165, 1.54) is 80.3 Å². The predicted molar refractivity (Wildman–Crippen MR) is 229 cm³/mol. The minimum atomic E-state index is 1.12. The van der Waals surface area contributed by atoms with E-state index in [0.717, 1.165) is 17.1 Å². The second kappa shape index (κ2) is 11.9. The third-order valence-corrected chi connectivity index (χ3v) is 11.9. The summed E-state index contributed by atoms with van der Waals surface area (Å²) in [5, 5.41) is 10.1. The van der Waals surface area contributed by atoms with Crippen molar-refractivity contribution in [3.63, 3.8) is 0 Å². The van der Waals surface area contributed by atoms with Crippen LogP contribution in [0.1, 0.15) is 0 Å². The highest BCUT2D eigenvalue weighted by molar-refractivity contribution is 7.26. The average molecular weight is 693 g/mol. The molecule has 9 aromatic carbocycles. The molecule has 11 aromatic rings. The molecule has 11 rings (SSSR count). The summed E-state index contributed by atoms with van der Waals surface area (Å²) in [5.41, 5.74) is 9.41. The smallest absolute Gasteiger partial charge is 0.0640 e. The van der Waals surface area contributed by atoms with E-state index in [1.54, 1.807) is 0 Å². The van der Waals surface area contributed by atoms with Gasteiger partial charge in [-0.25, -0.2) is 0 Å². The predicted octanol–water partition coefficient (Wildman–Crippen LogP) is 14.6. The van der Waals surface area contributed by atoms with Gasteiger partial charge in [-0.15, -0.1) is 11.3 Å². The molecule has 0 aliphatic rings. The fourth-order valence-electron chi connectivity index (χ4n) is 8.39. The Bertz CT molecular complexity index is 3170.